The van der Waals surface area contributed by atoms with Crippen LogP contribution in [0.4, 0.5) is 22.0 Å². The van der Waals surface area contributed by atoms with E-state index in [9.17, 15) is 22.0 Å². The van der Waals surface area contributed by atoms with Crippen molar-refractivity contribution in [2.24, 2.45) is 0 Å². The highest BCUT2D eigenvalue weighted by Crippen LogP contribution is 2.40. The maximum absolute atomic E-state index is 12.8. The Hall–Kier alpha value is -0.400. The molecule has 0 radical (unpaired) electrons. The number of hydrogen-bond acceptors (Lipinski definition) is 0. The zero-order valence-corrected chi connectivity index (χ0v) is 10.8. The first kappa shape index (κ1) is 14.7. The summed E-state index contributed by atoms with van der Waals surface area (Å²) in [5.74, 6) is -4.62. The van der Waals surface area contributed by atoms with Gasteiger partial charge in [-0.25, -0.2) is 0 Å². The van der Waals surface area contributed by atoms with Gasteiger partial charge in [0.2, 0.25) is 0 Å². The van der Waals surface area contributed by atoms with Crippen LogP contribution >= 0.6 is 22.6 Å². The standard InChI is InChI=1S/C11H10F5I/c12-10(13,11(14,15)16)7-9(17)6-8-4-2-1-3-5-8/h1-5,9H,6-7H2. The molecule has 0 nitrogen and oxygen atoms in total. The van der Waals surface area contributed by atoms with Crippen LogP contribution in [0.3, 0.4) is 0 Å². The second-order valence-corrected chi connectivity index (χ2v) is 5.45. The second-order valence-electron chi connectivity index (χ2n) is 3.69. The van der Waals surface area contributed by atoms with Crippen LogP contribution < -0.4 is 0 Å². The largest absolute Gasteiger partial charge is 0.453 e. The quantitative estimate of drug-likeness (QED) is 0.416. The minimum absolute atomic E-state index is 0.201. The van der Waals surface area contributed by atoms with Gasteiger partial charge in [-0.2, -0.15) is 22.0 Å². The SMILES string of the molecule is FC(F)(F)C(F)(F)CC(I)Cc1ccccc1. The third-order valence-corrected chi connectivity index (χ3v) is 3.07. The molecule has 6 heteroatoms. The Labute approximate surface area is 109 Å². The Morgan fingerprint density at radius 1 is 1.00 bits per heavy atom. The first-order chi connectivity index (χ1) is 7.72. The number of alkyl halides is 6. The van der Waals surface area contributed by atoms with Crippen molar-refractivity contribution in [3.05, 3.63) is 35.9 Å². The van der Waals surface area contributed by atoms with Gasteiger partial charge in [0, 0.05) is 10.3 Å². The van der Waals surface area contributed by atoms with Gasteiger partial charge in [0.15, 0.2) is 0 Å². The van der Waals surface area contributed by atoms with Gasteiger partial charge >= 0.3 is 12.1 Å². The summed E-state index contributed by atoms with van der Waals surface area (Å²) in [5, 5.41) is 0. The number of hydrogen-bond donors (Lipinski definition) is 0. The van der Waals surface area contributed by atoms with Crippen molar-refractivity contribution in [3.8, 4) is 0 Å². The third kappa shape index (κ3) is 4.40. The molecule has 0 saturated heterocycles. The van der Waals surface area contributed by atoms with Crippen molar-refractivity contribution in [2.45, 2.75) is 28.9 Å². The number of benzene rings is 1. The summed E-state index contributed by atoms with van der Waals surface area (Å²) in [7, 11) is 0. The Morgan fingerprint density at radius 3 is 2.00 bits per heavy atom. The molecule has 1 aromatic carbocycles. The Kier molecular flexibility index (Phi) is 4.74. The molecule has 0 spiro atoms. The van der Waals surface area contributed by atoms with Crippen molar-refractivity contribution in [1.82, 2.24) is 0 Å². The molecule has 1 unspecified atom stereocenters. The Morgan fingerprint density at radius 2 is 1.53 bits per heavy atom. The van der Waals surface area contributed by atoms with Crippen molar-refractivity contribution >= 4 is 22.6 Å². The smallest absolute Gasteiger partial charge is 0.196 e. The predicted octanol–water partition coefficient (Wildman–Crippen LogP) is 4.62. The van der Waals surface area contributed by atoms with E-state index in [1.165, 1.54) is 0 Å². The summed E-state index contributed by atoms with van der Waals surface area (Å²) in [6, 6.07) is 8.62. The van der Waals surface area contributed by atoms with Gasteiger partial charge in [-0.05, 0) is 12.0 Å². The van der Waals surface area contributed by atoms with Crippen LogP contribution in [-0.4, -0.2) is 16.0 Å². The molecule has 0 amide bonds. The summed E-state index contributed by atoms with van der Waals surface area (Å²) in [6.07, 6.45) is -6.45. The molecule has 0 heterocycles. The second kappa shape index (κ2) is 5.49. The lowest BCUT2D eigenvalue weighted by Gasteiger charge is -2.22. The molecule has 0 aliphatic rings. The van der Waals surface area contributed by atoms with Crippen molar-refractivity contribution in [3.63, 3.8) is 0 Å². The van der Waals surface area contributed by atoms with Crippen LogP contribution in [0, 0.1) is 0 Å². The van der Waals surface area contributed by atoms with Gasteiger partial charge in [0.05, 0.1) is 0 Å². The fourth-order valence-corrected chi connectivity index (χ4v) is 2.40. The van der Waals surface area contributed by atoms with E-state index in [4.69, 9.17) is 0 Å². The van der Waals surface area contributed by atoms with Crippen LogP contribution in [0.1, 0.15) is 12.0 Å². The van der Waals surface area contributed by atoms with Crippen LogP contribution in [0.5, 0.6) is 0 Å². The van der Waals surface area contributed by atoms with Crippen molar-refractivity contribution < 1.29 is 22.0 Å². The third-order valence-electron chi connectivity index (χ3n) is 2.19. The first-order valence-electron chi connectivity index (χ1n) is 4.85. The van der Waals surface area contributed by atoms with Crippen LogP contribution in [-0.2, 0) is 6.42 Å². The fourth-order valence-electron chi connectivity index (χ4n) is 1.34. The minimum Gasteiger partial charge on any atom is -0.196 e. The highest BCUT2D eigenvalue weighted by molar-refractivity contribution is 14.1. The lowest BCUT2D eigenvalue weighted by molar-refractivity contribution is -0.283. The molecule has 0 N–H and O–H groups in total. The molecule has 0 aromatic heterocycles. The molecule has 17 heavy (non-hydrogen) atoms. The van der Waals surface area contributed by atoms with Crippen LogP contribution in [0.25, 0.3) is 0 Å². The molecule has 1 rings (SSSR count). The van der Waals surface area contributed by atoms with Crippen molar-refractivity contribution in [1.29, 1.82) is 0 Å². The van der Waals surface area contributed by atoms with E-state index in [2.05, 4.69) is 0 Å². The minimum atomic E-state index is -5.47. The zero-order chi connectivity index (χ0) is 13.1. The van der Waals surface area contributed by atoms with Gasteiger partial charge in [0.1, 0.15) is 0 Å². The van der Waals surface area contributed by atoms with Gasteiger partial charge in [-0.1, -0.05) is 52.9 Å². The maximum atomic E-state index is 12.8. The maximum Gasteiger partial charge on any atom is 0.453 e. The van der Waals surface area contributed by atoms with Gasteiger partial charge in [0.25, 0.3) is 0 Å². The lowest BCUT2D eigenvalue weighted by Crippen LogP contribution is -2.38. The van der Waals surface area contributed by atoms with Crippen LogP contribution in [0.2, 0.25) is 0 Å². The summed E-state index contributed by atoms with van der Waals surface area (Å²) in [5.41, 5.74) is 0.755. The highest BCUT2D eigenvalue weighted by atomic mass is 127. The average molecular weight is 364 g/mol. The van der Waals surface area contributed by atoms with E-state index in [1.807, 2.05) is 0 Å². The summed E-state index contributed by atoms with van der Waals surface area (Å²) in [4.78, 5) is 0. The molecule has 0 aliphatic carbocycles. The van der Waals surface area contributed by atoms with Gasteiger partial charge in [-0.15, -0.1) is 0 Å². The molecular weight excluding hydrogens is 354 g/mol. The predicted molar refractivity (Wildman–Crippen MR) is 63.6 cm³/mol. The van der Waals surface area contributed by atoms with E-state index in [1.54, 1.807) is 52.9 Å². The normalized spacial score (nSPS) is 14.7. The molecule has 0 bridgehead atoms. The summed E-state index contributed by atoms with van der Waals surface area (Å²) in [6.45, 7) is 0. The molecular formula is C11H10F5I. The van der Waals surface area contributed by atoms with E-state index in [0.717, 1.165) is 5.56 Å². The van der Waals surface area contributed by atoms with E-state index in [0.29, 0.717) is 0 Å². The first-order valence-corrected chi connectivity index (χ1v) is 6.09. The lowest BCUT2D eigenvalue weighted by atomic mass is 10.1. The van der Waals surface area contributed by atoms with E-state index in [-0.39, 0.29) is 6.42 Å². The summed E-state index contributed by atoms with van der Waals surface area (Å²) >= 11 is 1.63. The van der Waals surface area contributed by atoms with Crippen LogP contribution in [0.15, 0.2) is 30.3 Å². The molecule has 1 atom stereocenters. The van der Waals surface area contributed by atoms with Gasteiger partial charge in [-0.3, -0.25) is 0 Å². The number of halogens is 6. The highest BCUT2D eigenvalue weighted by Gasteiger charge is 2.57. The van der Waals surface area contributed by atoms with E-state index >= 15 is 0 Å². The van der Waals surface area contributed by atoms with Gasteiger partial charge < -0.3 is 0 Å². The molecule has 0 saturated carbocycles. The zero-order valence-electron chi connectivity index (χ0n) is 8.65. The Bertz CT molecular complexity index is 347. The Balaban J connectivity index is 2.59. The topological polar surface area (TPSA) is 0 Å². The molecule has 96 valence electrons. The molecule has 1 aromatic rings. The number of rotatable bonds is 4. The fraction of sp³-hybridized carbons (Fsp3) is 0.455. The monoisotopic (exact) mass is 364 g/mol. The molecule has 0 fully saturated rings. The average Bonchev–Trinajstić information content (AvgIpc) is 2.16. The van der Waals surface area contributed by atoms with Crippen molar-refractivity contribution in [2.75, 3.05) is 0 Å². The summed E-state index contributed by atoms with van der Waals surface area (Å²) < 4.78 is 60.7. The molecule has 0 aliphatic heterocycles. The van der Waals surface area contributed by atoms with E-state index < -0.39 is 22.4 Å².